The number of carboxylic acid groups (broad SMARTS) is 2. The van der Waals surface area contributed by atoms with E-state index in [2.05, 4.69) is 0 Å². The highest BCUT2D eigenvalue weighted by atomic mass is 16.4. The maximum Gasteiger partial charge on any atom is 0.338 e. The van der Waals surface area contributed by atoms with Crippen LogP contribution >= 0.6 is 0 Å². The summed E-state index contributed by atoms with van der Waals surface area (Å²) in [7, 11) is 0. The Balaban J connectivity index is 2.43. The molecule has 1 aromatic carbocycles. The van der Waals surface area contributed by atoms with Gasteiger partial charge in [-0.1, -0.05) is 6.07 Å². The Morgan fingerprint density at radius 2 is 2.00 bits per heavy atom. The smallest absolute Gasteiger partial charge is 0.338 e. The van der Waals surface area contributed by atoms with Crippen LogP contribution in [0.3, 0.4) is 0 Å². The SMILES string of the molecule is O=C(O)c1cccc(N2CCCC(CO)C2)c1C(=O)O. The summed E-state index contributed by atoms with van der Waals surface area (Å²) in [5.74, 6) is -2.40. The van der Waals surface area contributed by atoms with Crippen LogP contribution in [0.25, 0.3) is 0 Å². The van der Waals surface area contributed by atoms with Crippen molar-refractivity contribution in [3.8, 4) is 0 Å². The first-order chi connectivity index (χ1) is 9.54. The molecule has 0 amide bonds. The van der Waals surface area contributed by atoms with Gasteiger partial charge in [-0.2, -0.15) is 0 Å². The van der Waals surface area contributed by atoms with Crippen molar-refractivity contribution in [1.29, 1.82) is 0 Å². The molecule has 1 atom stereocenters. The third-order valence-corrected chi connectivity index (χ3v) is 3.60. The summed E-state index contributed by atoms with van der Waals surface area (Å²) in [6.45, 7) is 1.26. The summed E-state index contributed by atoms with van der Waals surface area (Å²) in [6.07, 6.45) is 1.75. The molecular weight excluding hydrogens is 262 g/mol. The van der Waals surface area contributed by atoms with Crippen molar-refractivity contribution in [2.45, 2.75) is 12.8 Å². The molecule has 0 spiro atoms. The zero-order valence-electron chi connectivity index (χ0n) is 11.0. The fraction of sp³-hybridized carbons (Fsp3) is 0.429. The quantitative estimate of drug-likeness (QED) is 0.768. The number of aromatic carboxylic acids is 2. The lowest BCUT2D eigenvalue weighted by Gasteiger charge is -2.34. The van der Waals surface area contributed by atoms with Crippen LogP contribution < -0.4 is 4.90 Å². The summed E-state index contributed by atoms with van der Waals surface area (Å²) in [5, 5.41) is 27.7. The number of carboxylic acids is 2. The Bertz CT molecular complexity index is 528. The van der Waals surface area contributed by atoms with Gasteiger partial charge in [0.15, 0.2) is 0 Å². The molecule has 1 aliphatic heterocycles. The van der Waals surface area contributed by atoms with Crippen LogP contribution in [-0.2, 0) is 0 Å². The number of hydrogen-bond acceptors (Lipinski definition) is 4. The molecule has 1 aromatic rings. The molecule has 20 heavy (non-hydrogen) atoms. The van der Waals surface area contributed by atoms with E-state index in [0.717, 1.165) is 12.8 Å². The highest BCUT2D eigenvalue weighted by Gasteiger charge is 2.26. The molecule has 1 fully saturated rings. The number of anilines is 1. The molecule has 1 saturated heterocycles. The van der Waals surface area contributed by atoms with Crippen LogP contribution in [0.4, 0.5) is 5.69 Å². The fourth-order valence-corrected chi connectivity index (χ4v) is 2.64. The Hall–Kier alpha value is -2.08. The third kappa shape index (κ3) is 2.75. The van der Waals surface area contributed by atoms with E-state index in [4.69, 9.17) is 5.11 Å². The molecule has 0 radical (unpaired) electrons. The minimum Gasteiger partial charge on any atom is -0.478 e. The van der Waals surface area contributed by atoms with Crippen LogP contribution in [0, 0.1) is 5.92 Å². The summed E-state index contributed by atoms with van der Waals surface area (Å²) in [5.41, 5.74) is 0.0234. The van der Waals surface area contributed by atoms with Crippen LogP contribution in [-0.4, -0.2) is 47.0 Å². The molecule has 1 heterocycles. The van der Waals surface area contributed by atoms with Crippen LogP contribution in [0.5, 0.6) is 0 Å². The summed E-state index contributed by atoms with van der Waals surface area (Å²) < 4.78 is 0. The largest absolute Gasteiger partial charge is 0.478 e. The van der Waals surface area contributed by atoms with Crippen LogP contribution in [0.2, 0.25) is 0 Å². The van der Waals surface area contributed by atoms with Crippen LogP contribution in [0.1, 0.15) is 33.6 Å². The van der Waals surface area contributed by atoms with Gasteiger partial charge < -0.3 is 20.2 Å². The normalized spacial score (nSPS) is 18.9. The lowest BCUT2D eigenvalue weighted by atomic mass is 9.96. The summed E-state index contributed by atoms with van der Waals surface area (Å²) in [4.78, 5) is 24.4. The van der Waals surface area contributed by atoms with Crippen molar-refractivity contribution in [1.82, 2.24) is 0 Å². The van der Waals surface area contributed by atoms with E-state index < -0.39 is 11.9 Å². The highest BCUT2D eigenvalue weighted by Crippen LogP contribution is 2.28. The van der Waals surface area contributed by atoms with E-state index in [1.54, 1.807) is 12.1 Å². The second-order valence-corrected chi connectivity index (χ2v) is 4.95. The molecule has 1 unspecified atom stereocenters. The molecule has 0 aromatic heterocycles. The highest BCUT2D eigenvalue weighted by molar-refractivity contribution is 6.05. The molecule has 6 heteroatoms. The molecule has 0 saturated carbocycles. The number of hydrogen-bond donors (Lipinski definition) is 3. The topological polar surface area (TPSA) is 98.1 Å². The molecule has 6 nitrogen and oxygen atoms in total. The van der Waals surface area contributed by atoms with E-state index in [-0.39, 0.29) is 23.7 Å². The number of piperidine rings is 1. The first kappa shape index (κ1) is 14.3. The van der Waals surface area contributed by atoms with E-state index in [1.165, 1.54) is 6.07 Å². The monoisotopic (exact) mass is 279 g/mol. The van der Waals surface area contributed by atoms with E-state index in [9.17, 15) is 19.8 Å². The fourth-order valence-electron chi connectivity index (χ4n) is 2.64. The van der Waals surface area contributed by atoms with Gasteiger partial charge in [0, 0.05) is 19.7 Å². The maximum absolute atomic E-state index is 11.4. The zero-order valence-corrected chi connectivity index (χ0v) is 11.0. The van der Waals surface area contributed by atoms with E-state index >= 15 is 0 Å². The van der Waals surface area contributed by atoms with E-state index in [1.807, 2.05) is 4.90 Å². The third-order valence-electron chi connectivity index (χ3n) is 3.60. The van der Waals surface area contributed by atoms with E-state index in [0.29, 0.717) is 18.8 Å². The Labute approximate surface area is 116 Å². The number of aliphatic hydroxyl groups is 1. The standard InChI is InChI=1S/C14H17NO5/c16-8-9-3-2-6-15(7-9)11-5-1-4-10(13(17)18)12(11)14(19)20/h1,4-5,9,16H,2-3,6-8H2,(H,17,18)(H,19,20). The summed E-state index contributed by atoms with van der Waals surface area (Å²) in [6, 6.07) is 4.46. The number of benzene rings is 1. The van der Waals surface area contributed by atoms with Crippen molar-refractivity contribution in [3.05, 3.63) is 29.3 Å². The lowest BCUT2D eigenvalue weighted by Crippen LogP contribution is -2.37. The predicted octanol–water partition coefficient (Wildman–Crippen LogP) is 1.29. The van der Waals surface area contributed by atoms with Gasteiger partial charge in [0.2, 0.25) is 0 Å². The number of rotatable bonds is 4. The van der Waals surface area contributed by atoms with Gasteiger partial charge >= 0.3 is 11.9 Å². The average Bonchev–Trinajstić information content (AvgIpc) is 2.46. The van der Waals surface area contributed by atoms with Gasteiger partial charge in [-0.25, -0.2) is 9.59 Å². The average molecular weight is 279 g/mol. The number of nitrogens with zero attached hydrogens (tertiary/aromatic N) is 1. The van der Waals surface area contributed by atoms with Crippen molar-refractivity contribution in [2.24, 2.45) is 5.92 Å². The lowest BCUT2D eigenvalue weighted by molar-refractivity contribution is 0.0652. The van der Waals surface area contributed by atoms with Gasteiger partial charge in [-0.05, 0) is 30.9 Å². The molecule has 0 bridgehead atoms. The Kier molecular flexibility index (Phi) is 4.24. The van der Waals surface area contributed by atoms with Crippen molar-refractivity contribution in [2.75, 3.05) is 24.6 Å². The summed E-state index contributed by atoms with van der Waals surface area (Å²) >= 11 is 0. The molecule has 3 N–H and O–H groups in total. The van der Waals surface area contributed by atoms with Crippen molar-refractivity contribution in [3.63, 3.8) is 0 Å². The number of aliphatic hydroxyl groups excluding tert-OH is 1. The zero-order chi connectivity index (χ0) is 14.7. The van der Waals surface area contributed by atoms with Gasteiger partial charge in [0.05, 0.1) is 16.8 Å². The first-order valence-electron chi connectivity index (χ1n) is 6.50. The molecule has 1 aliphatic rings. The Morgan fingerprint density at radius 1 is 1.25 bits per heavy atom. The Morgan fingerprint density at radius 3 is 2.60 bits per heavy atom. The minimum absolute atomic E-state index is 0.0531. The molecule has 2 rings (SSSR count). The second-order valence-electron chi connectivity index (χ2n) is 4.95. The van der Waals surface area contributed by atoms with Gasteiger partial charge in [0.25, 0.3) is 0 Å². The van der Waals surface area contributed by atoms with Crippen molar-refractivity contribution < 1.29 is 24.9 Å². The molecular formula is C14H17NO5. The van der Waals surface area contributed by atoms with Gasteiger partial charge in [-0.15, -0.1) is 0 Å². The second kappa shape index (κ2) is 5.92. The van der Waals surface area contributed by atoms with Crippen LogP contribution in [0.15, 0.2) is 18.2 Å². The van der Waals surface area contributed by atoms with Crippen molar-refractivity contribution >= 4 is 17.6 Å². The number of carbonyl (C=O) groups is 2. The van der Waals surface area contributed by atoms with Gasteiger partial charge in [-0.3, -0.25) is 0 Å². The first-order valence-corrected chi connectivity index (χ1v) is 6.50. The maximum atomic E-state index is 11.4. The molecule has 108 valence electrons. The van der Waals surface area contributed by atoms with Gasteiger partial charge in [0.1, 0.15) is 0 Å². The predicted molar refractivity (Wildman–Crippen MR) is 72.4 cm³/mol. The minimum atomic E-state index is -1.25. The molecule has 0 aliphatic carbocycles.